The van der Waals surface area contributed by atoms with E-state index in [1.54, 1.807) is 43.0 Å². The summed E-state index contributed by atoms with van der Waals surface area (Å²) in [6.45, 7) is -5.14. The van der Waals surface area contributed by atoms with E-state index in [1.807, 2.05) is 13.8 Å². The molecule has 4 fully saturated rings. The Morgan fingerprint density at radius 1 is 0.457 bits per heavy atom. The molecule has 8 aliphatic heterocycles. The topological polar surface area (TPSA) is 155 Å². The van der Waals surface area contributed by atoms with Crippen molar-refractivity contribution in [2.75, 3.05) is 109 Å². The first-order valence-electron chi connectivity index (χ1n) is 49.9. The summed E-state index contributed by atoms with van der Waals surface area (Å²) in [5.74, 6) is -17.9. The molecule has 0 radical (unpaired) electrons. The van der Waals surface area contributed by atoms with Crippen LogP contribution in [0.5, 0.6) is 46.0 Å². The lowest BCUT2D eigenvalue weighted by Crippen LogP contribution is -2.46. The van der Waals surface area contributed by atoms with Crippen molar-refractivity contribution in [3.63, 3.8) is 0 Å². The summed E-state index contributed by atoms with van der Waals surface area (Å²) in [6.07, 6.45) is -16.9. The fourth-order valence-corrected chi connectivity index (χ4v) is 13.0. The third kappa shape index (κ3) is 16.4. The van der Waals surface area contributed by atoms with Gasteiger partial charge in [-0.1, -0.05) is 68.0 Å². The Balaban J connectivity index is 0.000000198. The molecule has 0 amide bonds. The molecular weight excluding hydrogens is 1180 g/mol. The van der Waals surface area contributed by atoms with E-state index in [1.165, 1.54) is 74.5 Å². The van der Waals surface area contributed by atoms with E-state index < -0.39 is 182 Å². The van der Waals surface area contributed by atoms with Crippen molar-refractivity contribution in [2.24, 2.45) is 47.2 Å². The number of Topliss-reactive ketones (excluding diaryl/α,β-unsaturated/α-hetero) is 4. The highest BCUT2D eigenvalue weighted by molar-refractivity contribution is 5.85. The third-order valence-electron chi connectivity index (χ3n) is 17.7. The summed E-state index contributed by atoms with van der Waals surface area (Å²) in [4.78, 5) is 58.7. The number of hydrogen-bond acceptors (Lipinski definition) is 16. The molecule has 516 valence electrons. The van der Waals surface area contributed by atoms with Crippen LogP contribution >= 0.6 is 0 Å². The van der Waals surface area contributed by atoms with Crippen molar-refractivity contribution in [1.82, 2.24) is 19.6 Å². The highest BCUT2D eigenvalue weighted by Gasteiger charge is 2.43. The van der Waals surface area contributed by atoms with E-state index in [-0.39, 0.29) is 90.8 Å². The number of rotatable bonds is 18. The summed E-state index contributed by atoms with van der Waals surface area (Å²) in [6, 6.07) is 8.34. The van der Waals surface area contributed by atoms with Crippen LogP contribution in [0.2, 0.25) is 0 Å². The maximum atomic E-state index is 13.6. The molecular formula is C78H112N4O12. The van der Waals surface area contributed by atoms with Crippen molar-refractivity contribution in [2.45, 2.75) is 169 Å². The van der Waals surface area contributed by atoms with E-state index in [0.29, 0.717) is 77.3 Å². The third-order valence-corrected chi connectivity index (χ3v) is 17.7. The number of carbonyl (C=O) groups is 4. The second-order valence-corrected chi connectivity index (χ2v) is 24.6. The largest absolute Gasteiger partial charge is 0.493 e. The van der Waals surface area contributed by atoms with Crippen LogP contribution in [0.4, 0.5) is 0 Å². The molecule has 8 aliphatic rings. The number of fused-ring (bicyclic) bond motifs is 12. The number of hydrogen-bond donors (Lipinski definition) is 0. The van der Waals surface area contributed by atoms with Gasteiger partial charge >= 0.3 is 0 Å². The van der Waals surface area contributed by atoms with Crippen molar-refractivity contribution in [3.8, 4) is 46.0 Å². The number of methoxy groups -OCH3 is 8. The molecule has 0 spiro atoms. The maximum Gasteiger partial charge on any atom is 0.161 e. The highest BCUT2D eigenvalue weighted by Crippen LogP contribution is 2.48. The van der Waals surface area contributed by atoms with Gasteiger partial charge in [-0.25, -0.2) is 0 Å². The Hall–Kier alpha value is -6.20. The lowest BCUT2D eigenvalue weighted by molar-refractivity contribution is -0.130. The quantitative estimate of drug-likeness (QED) is 0.0926. The minimum Gasteiger partial charge on any atom is -0.493 e. The van der Waals surface area contributed by atoms with E-state index >= 15 is 0 Å². The van der Waals surface area contributed by atoms with Gasteiger partial charge in [0, 0.05) is 164 Å². The maximum absolute atomic E-state index is 13.6. The Kier molecular flexibility index (Phi) is 13.0. The second-order valence-electron chi connectivity index (χ2n) is 24.6. The molecule has 4 saturated heterocycles. The number of piperidine rings is 4. The molecule has 12 rings (SSSR count). The van der Waals surface area contributed by atoms with E-state index in [2.05, 4.69) is 0 Å². The predicted octanol–water partition coefficient (Wildman–Crippen LogP) is 13.7. The summed E-state index contributed by atoms with van der Waals surface area (Å²) in [7, 11) is -1.26. The van der Waals surface area contributed by atoms with Crippen molar-refractivity contribution in [1.29, 1.82) is 0 Å². The molecule has 0 aliphatic carbocycles. The Labute approximate surface area is 614 Å². The normalized spacial score (nSPS) is 36.6. The SMILES string of the molecule is [2H]C([2H])([2H])Oc1cc2c(cc1OC)CCN1C2C([2H])([2H])C(=O)C([2H])(CC(C)C)C1([2H])[2H].[2H]C([2H])([2H])Oc1cc2c(cc1OC)CCN1C2CC(=O)C(C([2H])([2H])C([2H])(C([2H])([2H])[2H])C([2H])([2H])C)C1([2H])[2H].[2H]C([2H])([2H])Oc1cc2c(cc1OC)CCN1C2CC(=O)C(CC(C)C)C1([2H])[2H].[2H]C1([2H])C(=O)C([2H])(C([2H])([2H])C([2H])(C([2H])([2H])[2H])C([2H])([2H])C)CN2CCc3cc(OC)c(OC)cc3C21. The number of ether oxygens (including phenoxy) is 8. The molecule has 94 heavy (non-hydrogen) atoms. The fourth-order valence-electron chi connectivity index (χ4n) is 13.0. The van der Waals surface area contributed by atoms with Crippen LogP contribution < -0.4 is 37.9 Å². The highest BCUT2D eigenvalue weighted by atomic mass is 16.5. The zero-order valence-corrected chi connectivity index (χ0v) is 55.1. The lowest BCUT2D eigenvalue weighted by atomic mass is 9.79. The molecule has 0 bridgehead atoms. The standard InChI is InChI=1S/2C20H29NO3.2C19H27NO3/c2*1-5-13(2)8-15-12-21-7-6-14-9-19(23-3)20(24-4)10-16(14)17(21)11-18(15)22;2*1-12(2)7-14-11-20-6-5-13-8-18(22-3)19(23-4)9-15(13)16(20)10-17(14)21/h2*9-10,13,15,17H,5-8,11-12H2,1-4H3;2*8-9,12,14,16H,5-7,10-11H2,1-4H3/i2D3,5D2,8D2,11D2,13D,15D;2D3,4D3,5D2,8D2,12D2,13D;4D3,10D2,11D2,14D;4D3,11D2. The Morgan fingerprint density at radius 2 is 0.809 bits per heavy atom. The predicted molar refractivity (Wildman–Crippen MR) is 370 cm³/mol. The Bertz CT molecular complexity index is 4900. The lowest BCUT2D eigenvalue weighted by Gasteiger charge is -2.43. The molecule has 0 saturated carbocycles. The van der Waals surface area contributed by atoms with Crippen LogP contribution in [0.25, 0.3) is 0 Å². The van der Waals surface area contributed by atoms with Crippen LogP contribution in [0.1, 0.15) is 239 Å². The van der Waals surface area contributed by atoms with Gasteiger partial charge in [-0.05, 0) is 168 Å². The molecule has 10 unspecified atom stereocenters. The van der Waals surface area contributed by atoms with Crippen LogP contribution in [0.3, 0.4) is 0 Å². The van der Waals surface area contributed by atoms with Gasteiger partial charge in [0.05, 0.1) is 69.0 Å². The van der Waals surface area contributed by atoms with Crippen LogP contribution in [0, 0.1) is 47.2 Å². The number of carbonyl (C=O) groups excluding carboxylic acids is 4. The molecule has 0 aromatic heterocycles. The molecule has 4 aromatic carbocycles. The van der Waals surface area contributed by atoms with Gasteiger partial charge in [0.2, 0.25) is 0 Å². The zero-order chi connectivity index (χ0) is 100.0. The van der Waals surface area contributed by atoms with Gasteiger partial charge in [0.25, 0.3) is 0 Å². The van der Waals surface area contributed by atoms with Crippen LogP contribution in [-0.2, 0) is 44.9 Å². The van der Waals surface area contributed by atoms with E-state index in [9.17, 15) is 19.2 Å². The van der Waals surface area contributed by atoms with Gasteiger partial charge in [-0.2, -0.15) is 0 Å². The summed E-state index contributed by atoms with van der Waals surface area (Å²) in [5.41, 5.74) is 4.65. The van der Waals surface area contributed by atoms with Crippen molar-refractivity contribution >= 4 is 23.1 Å². The van der Waals surface area contributed by atoms with Crippen LogP contribution in [-0.4, -0.2) is 152 Å². The number of nitrogens with zero attached hydrogens (tertiary/aromatic N) is 4. The van der Waals surface area contributed by atoms with E-state index in [4.69, 9.17) is 88.6 Å². The first-order valence-corrected chi connectivity index (χ1v) is 31.4. The zero-order valence-electron chi connectivity index (χ0n) is 92.1. The number of benzene rings is 4. The van der Waals surface area contributed by atoms with Gasteiger partial charge in [-0.3, -0.25) is 38.8 Å². The van der Waals surface area contributed by atoms with Gasteiger partial charge in [0.1, 0.15) is 23.1 Å². The smallest absolute Gasteiger partial charge is 0.161 e. The monoisotopic (exact) mass is 1330 g/mol. The number of ketones is 4. The summed E-state index contributed by atoms with van der Waals surface area (Å²) in [5, 5.41) is 0. The summed E-state index contributed by atoms with van der Waals surface area (Å²) < 4.78 is 343. The average Bonchev–Trinajstić information content (AvgIpc) is 0.681. The minimum atomic E-state index is -3.60. The molecule has 4 aromatic rings. The van der Waals surface area contributed by atoms with Gasteiger partial charge in [-0.15, -0.1) is 0 Å². The van der Waals surface area contributed by atoms with E-state index in [0.717, 1.165) is 25.0 Å². The molecule has 10 atom stereocenters. The van der Waals surface area contributed by atoms with Gasteiger partial charge < -0.3 is 37.9 Å². The first-order chi connectivity index (χ1) is 59.2. The molecule has 16 heteroatoms. The second kappa shape index (κ2) is 32.7. The van der Waals surface area contributed by atoms with Crippen molar-refractivity contribution in [3.05, 3.63) is 93.0 Å². The molecule has 16 nitrogen and oxygen atoms in total. The molecule has 0 N–H and O–H groups in total. The molecule has 8 heterocycles. The summed E-state index contributed by atoms with van der Waals surface area (Å²) >= 11 is 0. The first kappa shape index (κ1) is 37.5. The minimum absolute atomic E-state index is 0.00899. The Morgan fingerprint density at radius 3 is 1.21 bits per heavy atom. The van der Waals surface area contributed by atoms with Gasteiger partial charge in [0.15, 0.2) is 46.0 Å². The van der Waals surface area contributed by atoms with Crippen LogP contribution in [0.15, 0.2) is 48.5 Å². The van der Waals surface area contributed by atoms with Crippen molar-refractivity contribution < 1.29 is 108 Å². The fraction of sp³-hybridized carbons (Fsp3) is 0.641. The average molecular weight is 1330 g/mol.